The van der Waals surface area contributed by atoms with Crippen LogP contribution in [0.15, 0.2) is 76.6 Å². The molecule has 0 unspecified atom stereocenters. The normalized spacial score (nSPS) is 14.3. The van der Waals surface area contributed by atoms with Crippen LogP contribution in [-0.2, 0) is 6.61 Å². The summed E-state index contributed by atoms with van der Waals surface area (Å²) >= 11 is 0. The van der Waals surface area contributed by atoms with Crippen LogP contribution in [0.4, 0.5) is 10.1 Å². The highest BCUT2D eigenvalue weighted by Crippen LogP contribution is 2.33. The Balaban J connectivity index is 1.56. The highest BCUT2D eigenvalue weighted by molar-refractivity contribution is 5.86. The molecule has 5 rings (SSSR count). The second kappa shape index (κ2) is 10.7. The molecule has 1 fully saturated rings. The van der Waals surface area contributed by atoms with Crippen LogP contribution in [0, 0.1) is 15.9 Å². The van der Waals surface area contributed by atoms with E-state index in [1.807, 2.05) is 12.1 Å². The molecule has 1 aliphatic carbocycles. The zero-order chi connectivity index (χ0) is 25.8. The van der Waals surface area contributed by atoms with Crippen LogP contribution >= 0.6 is 0 Å². The predicted octanol–water partition coefficient (Wildman–Crippen LogP) is 5.95. The standard InChI is InChI=1S/C28H25FN4O4/c29-22-15-13-19(14-16-22)18-37-26-21(9-6-12-25(26)33(35)36)17-30-32-27(20-7-2-1-3-8-20)31-24-11-5-4-10-23(24)28(32)34/h4-6,9-17,20H,1-3,7-8,18H2. The quantitative estimate of drug-likeness (QED) is 0.177. The van der Waals surface area contributed by atoms with Gasteiger partial charge in [0.2, 0.25) is 5.75 Å². The van der Waals surface area contributed by atoms with Crippen molar-refractivity contribution in [1.29, 1.82) is 0 Å². The Morgan fingerprint density at radius 2 is 1.81 bits per heavy atom. The van der Waals surface area contributed by atoms with Crippen molar-refractivity contribution in [1.82, 2.24) is 9.66 Å². The van der Waals surface area contributed by atoms with Crippen LogP contribution in [0.2, 0.25) is 0 Å². The van der Waals surface area contributed by atoms with Gasteiger partial charge in [-0.15, -0.1) is 0 Å². The lowest BCUT2D eigenvalue weighted by atomic mass is 9.88. The first-order valence-corrected chi connectivity index (χ1v) is 12.2. The summed E-state index contributed by atoms with van der Waals surface area (Å²) in [5.41, 5.74) is 1.09. The lowest BCUT2D eigenvalue weighted by molar-refractivity contribution is -0.385. The molecule has 0 spiro atoms. The number of hydrogen-bond acceptors (Lipinski definition) is 6. The van der Waals surface area contributed by atoms with E-state index in [2.05, 4.69) is 5.10 Å². The van der Waals surface area contributed by atoms with Crippen molar-refractivity contribution in [2.24, 2.45) is 5.10 Å². The molecule has 1 heterocycles. The van der Waals surface area contributed by atoms with E-state index < -0.39 is 4.92 Å². The van der Waals surface area contributed by atoms with Crippen molar-refractivity contribution >= 4 is 22.8 Å². The summed E-state index contributed by atoms with van der Waals surface area (Å²) < 4.78 is 20.4. The molecular weight excluding hydrogens is 475 g/mol. The van der Waals surface area contributed by atoms with Gasteiger partial charge in [-0.2, -0.15) is 9.78 Å². The number of rotatable bonds is 7. The van der Waals surface area contributed by atoms with Crippen LogP contribution in [0.25, 0.3) is 10.9 Å². The monoisotopic (exact) mass is 500 g/mol. The highest BCUT2D eigenvalue weighted by atomic mass is 19.1. The van der Waals surface area contributed by atoms with E-state index in [1.54, 1.807) is 30.3 Å². The summed E-state index contributed by atoms with van der Waals surface area (Å²) in [5.74, 6) is 0.327. The molecule has 37 heavy (non-hydrogen) atoms. The smallest absolute Gasteiger partial charge is 0.311 e. The van der Waals surface area contributed by atoms with Gasteiger partial charge in [0.1, 0.15) is 18.2 Å². The molecule has 4 aromatic rings. The lowest BCUT2D eigenvalue weighted by Crippen LogP contribution is -2.25. The zero-order valence-electron chi connectivity index (χ0n) is 20.0. The van der Waals surface area contributed by atoms with Gasteiger partial charge >= 0.3 is 5.69 Å². The third-order valence-electron chi connectivity index (χ3n) is 6.58. The van der Waals surface area contributed by atoms with Crippen molar-refractivity contribution in [2.45, 2.75) is 44.6 Å². The van der Waals surface area contributed by atoms with E-state index in [-0.39, 0.29) is 35.3 Å². The molecule has 8 nitrogen and oxygen atoms in total. The maximum absolute atomic E-state index is 13.5. The number of nitro benzene ring substituents is 1. The molecule has 3 aromatic carbocycles. The largest absolute Gasteiger partial charge is 0.481 e. The third-order valence-corrected chi connectivity index (χ3v) is 6.58. The molecule has 0 saturated heterocycles. The van der Waals surface area contributed by atoms with Crippen molar-refractivity contribution < 1.29 is 14.1 Å². The Labute approximate surface area is 212 Å². The molecule has 0 atom stereocenters. The van der Waals surface area contributed by atoms with Gasteiger partial charge in [-0.3, -0.25) is 14.9 Å². The van der Waals surface area contributed by atoms with Crippen molar-refractivity contribution in [2.75, 3.05) is 0 Å². The van der Waals surface area contributed by atoms with E-state index in [0.29, 0.717) is 27.9 Å². The SMILES string of the molecule is O=c1c2ccccc2nc(C2CCCCC2)n1N=Cc1cccc([N+](=O)[O-])c1OCc1ccc(F)cc1. The second-order valence-corrected chi connectivity index (χ2v) is 9.05. The van der Waals surface area contributed by atoms with E-state index in [9.17, 15) is 19.3 Å². The Morgan fingerprint density at radius 1 is 1.05 bits per heavy atom. The van der Waals surface area contributed by atoms with Gasteiger partial charge in [-0.05, 0) is 48.7 Å². The molecular formula is C28H25FN4O4. The van der Waals surface area contributed by atoms with Crippen LogP contribution in [-0.4, -0.2) is 20.8 Å². The number of fused-ring (bicyclic) bond motifs is 1. The van der Waals surface area contributed by atoms with Crippen LogP contribution in [0.1, 0.15) is 55.0 Å². The summed E-state index contributed by atoms with van der Waals surface area (Å²) in [4.78, 5) is 29.5. The van der Waals surface area contributed by atoms with E-state index in [1.165, 1.54) is 35.2 Å². The van der Waals surface area contributed by atoms with Gasteiger partial charge < -0.3 is 4.74 Å². The minimum absolute atomic E-state index is 0.00320. The van der Waals surface area contributed by atoms with Crippen LogP contribution in [0.3, 0.4) is 0 Å². The topological polar surface area (TPSA) is 99.6 Å². The molecule has 1 aliphatic rings. The van der Waals surface area contributed by atoms with Crippen LogP contribution in [0.5, 0.6) is 5.75 Å². The Bertz CT molecular complexity index is 1530. The number of hydrogen-bond donors (Lipinski definition) is 0. The zero-order valence-corrected chi connectivity index (χ0v) is 20.0. The van der Waals surface area contributed by atoms with Gasteiger partial charge in [-0.25, -0.2) is 9.37 Å². The second-order valence-electron chi connectivity index (χ2n) is 9.05. The predicted molar refractivity (Wildman–Crippen MR) is 139 cm³/mol. The van der Waals surface area contributed by atoms with Crippen LogP contribution < -0.4 is 10.3 Å². The fourth-order valence-corrected chi connectivity index (χ4v) is 4.68. The summed E-state index contributed by atoms with van der Waals surface area (Å²) in [5, 5.41) is 16.7. The Kier molecular flexibility index (Phi) is 7.02. The molecule has 0 bridgehead atoms. The summed E-state index contributed by atoms with van der Waals surface area (Å²) in [7, 11) is 0. The first-order valence-electron chi connectivity index (χ1n) is 12.2. The Morgan fingerprint density at radius 3 is 2.57 bits per heavy atom. The van der Waals surface area contributed by atoms with Gasteiger partial charge in [0.15, 0.2) is 0 Å². The third kappa shape index (κ3) is 5.25. The summed E-state index contributed by atoms with van der Waals surface area (Å²) in [6, 6.07) is 17.4. The molecule has 0 N–H and O–H groups in total. The Hall–Kier alpha value is -4.40. The van der Waals surface area contributed by atoms with E-state index in [0.717, 1.165) is 32.1 Å². The number of para-hydroxylation sites is 2. The van der Waals surface area contributed by atoms with Crippen molar-refractivity contribution in [3.63, 3.8) is 0 Å². The van der Waals surface area contributed by atoms with Gasteiger partial charge in [0.05, 0.1) is 22.0 Å². The maximum Gasteiger partial charge on any atom is 0.311 e. The minimum atomic E-state index is -0.533. The number of halogens is 1. The minimum Gasteiger partial charge on any atom is -0.481 e. The molecule has 0 amide bonds. The van der Waals surface area contributed by atoms with E-state index >= 15 is 0 Å². The van der Waals surface area contributed by atoms with Gasteiger partial charge in [-0.1, -0.05) is 49.6 Å². The summed E-state index contributed by atoms with van der Waals surface area (Å²) in [6.45, 7) is -0.00320. The fraction of sp³-hybridized carbons (Fsp3) is 0.250. The molecule has 1 saturated carbocycles. The number of ether oxygens (including phenoxy) is 1. The number of nitrogens with zero attached hydrogens (tertiary/aromatic N) is 4. The molecule has 0 radical (unpaired) electrons. The average molecular weight is 501 g/mol. The first kappa shape index (κ1) is 24.3. The van der Waals surface area contributed by atoms with Gasteiger partial charge in [0, 0.05) is 17.5 Å². The highest BCUT2D eigenvalue weighted by Gasteiger charge is 2.23. The fourth-order valence-electron chi connectivity index (χ4n) is 4.68. The maximum atomic E-state index is 13.5. The summed E-state index contributed by atoms with van der Waals surface area (Å²) in [6.07, 6.45) is 6.51. The molecule has 1 aromatic heterocycles. The van der Waals surface area contributed by atoms with E-state index in [4.69, 9.17) is 9.72 Å². The van der Waals surface area contributed by atoms with Crippen molar-refractivity contribution in [3.8, 4) is 5.75 Å². The molecule has 188 valence electrons. The molecule has 0 aliphatic heterocycles. The molecule has 9 heteroatoms. The lowest BCUT2D eigenvalue weighted by Gasteiger charge is -2.22. The number of benzene rings is 3. The first-order chi connectivity index (χ1) is 18.0. The number of nitro groups is 1. The average Bonchev–Trinajstić information content (AvgIpc) is 2.92. The van der Waals surface area contributed by atoms with Gasteiger partial charge in [0.25, 0.3) is 5.56 Å². The number of aromatic nitrogens is 2. The van der Waals surface area contributed by atoms with Crippen molar-refractivity contribution in [3.05, 3.63) is 110 Å².